The van der Waals surface area contributed by atoms with Crippen LogP contribution in [0.3, 0.4) is 0 Å². The first kappa shape index (κ1) is 19.1. The van der Waals surface area contributed by atoms with Gasteiger partial charge in [0.05, 0.1) is 0 Å². The maximum Gasteiger partial charge on any atom is 0.254 e. The van der Waals surface area contributed by atoms with Gasteiger partial charge in [-0.1, -0.05) is 71.7 Å². The molecule has 0 saturated carbocycles. The number of ether oxygens (including phenoxy) is 1. The number of aromatic nitrogens is 2. The number of carbonyl (C=O) groups is 1. The van der Waals surface area contributed by atoms with Crippen molar-refractivity contribution in [3.63, 3.8) is 0 Å². The molecule has 1 aromatic carbocycles. The normalized spacial score (nSPS) is 12.5. The topological polar surface area (TPSA) is 64.1 Å². The van der Waals surface area contributed by atoms with Gasteiger partial charge in [0, 0.05) is 17.8 Å². The van der Waals surface area contributed by atoms with Gasteiger partial charge in [0.1, 0.15) is 0 Å². The van der Waals surface area contributed by atoms with Crippen LogP contribution in [0.1, 0.15) is 17.3 Å². The van der Waals surface area contributed by atoms with E-state index < -0.39 is 15.9 Å². The van der Waals surface area contributed by atoms with E-state index in [9.17, 15) is 4.79 Å². The number of amides is 1. The standard InChI is InChI=1S/C15H14Cl3N3O2S/c1-2-24-14-19-9-8-11(20-14)23-13(15(16,17)18)21-12(22)10-6-4-3-5-7-10/h3-9,13H,2H2,1H3,(H,21,22). The third-order valence-electron chi connectivity index (χ3n) is 2.72. The summed E-state index contributed by atoms with van der Waals surface area (Å²) in [6.45, 7) is 1.98. The molecule has 24 heavy (non-hydrogen) atoms. The van der Waals surface area contributed by atoms with Crippen LogP contribution in [0.5, 0.6) is 5.88 Å². The SMILES string of the molecule is CCSc1nccc(OC(NC(=O)c2ccccc2)C(Cl)(Cl)Cl)n1. The van der Waals surface area contributed by atoms with Crippen LogP contribution in [-0.4, -0.2) is 31.6 Å². The molecule has 1 atom stereocenters. The molecular formula is C15H14Cl3N3O2S. The second kappa shape index (κ2) is 8.76. The molecule has 1 heterocycles. The van der Waals surface area contributed by atoms with E-state index in [-0.39, 0.29) is 5.88 Å². The summed E-state index contributed by atoms with van der Waals surface area (Å²) in [7, 11) is 0. The minimum atomic E-state index is -1.88. The van der Waals surface area contributed by atoms with Gasteiger partial charge >= 0.3 is 0 Å². The van der Waals surface area contributed by atoms with Crippen LogP contribution in [0.2, 0.25) is 0 Å². The Bertz CT molecular complexity index is 683. The Morgan fingerprint density at radius 3 is 2.62 bits per heavy atom. The lowest BCUT2D eigenvalue weighted by Gasteiger charge is -2.25. The number of carbonyl (C=O) groups excluding carboxylic acids is 1. The number of hydrogen-bond acceptors (Lipinski definition) is 5. The lowest BCUT2D eigenvalue weighted by molar-refractivity contribution is 0.0824. The molecule has 0 saturated heterocycles. The molecule has 1 unspecified atom stereocenters. The largest absolute Gasteiger partial charge is 0.449 e. The molecule has 0 radical (unpaired) electrons. The van der Waals surface area contributed by atoms with E-state index >= 15 is 0 Å². The first-order chi connectivity index (χ1) is 11.4. The molecule has 2 aromatic rings. The van der Waals surface area contributed by atoms with Crippen molar-refractivity contribution in [2.75, 3.05) is 5.75 Å². The highest BCUT2D eigenvalue weighted by atomic mass is 35.6. The quantitative estimate of drug-likeness (QED) is 0.339. The third-order valence-corrected chi connectivity index (χ3v) is 4.05. The van der Waals surface area contributed by atoms with Crippen molar-refractivity contribution in [2.45, 2.75) is 22.1 Å². The second-order valence-corrected chi connectivity index (χ2v) is 8.09. The first-order valence-corrected chi connectivity index (χ1v) is 9.07. The molecule has 1 amide bonds. The highest BCUT2D eigenvalue weighted by molar-refractivity contribution is 7.99. The predicted octanol–water partition coefficient (Wildman–Crippen LogP) is 4.09. The molecule has 9 heteroatoms. The van der Waals surface area contributed by atoms with Crippen LogP contribution < -0.4 is 10.1 Å². The van der Waals surface area contributed by atoms with Crippen LogP contribution in [0.15, 0.2) is 47.8 Å². The van der Waals surface area contributed by atoms with Crippen molar-refractivity contribution in [1.29, 1.82) is 0 Å². The van der Waals surface area contributed by atoms with Gasteiger partial charge in [0.2, 0.25) is 15.9 Å². The minimum Gasteiger partial charge on any atom is -0.449 e. The Morgan fingerprint density at radius 2 is 2.00 bits per heavy atom. The lowest BCUT2D eigenvalue weighted by Crippen LogP contribution is -2.48. The average Bonchev–Trinajstić information content (AvgIpc) is 2.55. The summed E-state index contributed by atoms with van der Waals surface area (Å²) in [5, 5.41) is 3.08. The summed E-state index contributed by atoms with van der Waals surface area (Å²) in [6.07, 6.45) is 0.319. The highest BCUT2D eigenvalue weighted by Gasteiger charge is 2.36. The van der Waals surface area contributed by atoms with Crippen molar-refractivity contribution in [3.05, 3.63) is 48.2 Å². The van der Waals surface area contributed by atoms with Crippen molar-refractivity contribution >= 4 is 52.5 Å². The minimum absolute atomic E-state index is 0.200. The number of benzene rings is 1. The summed E-state index contributed by atoms with van der Waals surface area (Å²) < 4.78 is 3.68. The molecular weight excluding hydrogens is 393 g/mol. The van der Waals surface area contributed by atoms with E-state index in [0.29, 0.717) is 10.7 Å². The van der Waals surface area contributed by atoms with Crippen LogP contribution in [0.25, 0.3) is 0 Å². The van der Waals surface area contributed by atoms with Crippen LogP contribution in [-0.2, 0) is 0 Å². The number of rotatable bonds is 6. The number of nitrogens with one attached hydrogen (secondary N) is 1. The van der Waals surface area contributed by atoms with Crippen LogP contribution in [0.4, 0.5) is 0 Å². The summed E-state index contributed by atoms with van der Waals surface area (Å²) in [4.78, 5) is 20.5. The molecule has 5 nitrogen and oxygen atoms in total. The summed E-state index contributed by atoms with van der Waals surface area (Å²) in [6, 6.07) is 10.1. The number of thioether (sulfide) groups is 1. The molecule has 1 N–H and O–H groups in total. The molecule has 1 aromatic heterocycles. The second-order valence-electron chi connectivity index (χ2n) is 4.49. The highest BCUT2D eigenvalue weighted by Crippen LogP contribution is 2.32. The Balaban J connectivity index is 2.14. The van der Waals surface area contributed by atoms with Gasteiger partial charge in [0.15, 0.2) is 5.16 Å². The molecule has 0 aliphatic heterocycles. The third kappa shape index (κ3) is 5.70. The number of halogens is 3. The van der Waals surface area contributed by atoms with Gasteiger partial charge in [-0.05, 0) is 17.9 Å². The van der Waals surface area contributed by atoms with Crippen LogP contribution in [0, 0.1) is 0 Å². The lowest BCUT2D eigenvalue weighted by atomic mass is 10.2. The van der Waals surface area contributed by atoms with Gasteiger partial charge < -0.3 is 10.1 Å². The average molecular weight is 407 g/mol. The monoisotopic (exact) mass is 405 g/mol. The predicted molar refractivity (Wildman–Crippen MR) is 97.0 cm³/mol. The molecule has 0 bridgehead atoms. The van der Waals surface area contributed by atoms with E-state index in [0.717, 1.165) is 5.75 Å². The van der Waals surface area contributed by atoms with Crippen LogP contribution >= 0.6 is 46.6 Å². The maximum atomic E-state index is 12.3. The maximum absolute atomic E-state index is 12.3. The van der Waals surface area contributed by atoms with E-state index in [4.69, 9.17) is 39.5 Å². The first-order valence-electron chi connectivity index (χ1n) is 6.95. The van der Waals surface area contributed by atoms with Crippen molar-refractivity contribution in [2.24, 2.45) is 0 Å². The molecule has 0 aliphatic carbocycles. The fourth-order valence-corrected chi connectivity index (χ4v) is 2.53. The number of hydrogen-bond donors (Lipinski definition) is 1. The molecule has 2 rings (SSSR count). The van der Waals surface area contributed by atoms with Crippen molar-refractivity contribution < 1.29 is 9.53 Å². The smallest absolute Gasteiger partial charge is 0.254 e. The fourth-order valence-electron chi connectivity index (χ4n) is 1.68. The number of alkyl halides is 3. The van der Waals surface area contributed by atoms with E-state index in [1.807, 2.05) is 6.92 Å². The summed E-state index contributed by atoms with van der Waals surface area (Å²) in [5.74, 6) is 0.581. The van der Waals surface area contributed by atoms with Gasteiger partial charge in [-0.3, -0.25) is 4.79 Å². The fraction of sp³-hybridized carbons (Fsp3) is 0.267. The summed E-state index contributed by atoms with van der Waals surface area (Å²) >= 11 is 19.2. The Hall–Kier alpha value is -1.21. The van der Waals surface area contributed by atoms with E-state index in [1.165, 1.54) is 24.0 Å². The zero-order valence-corrected chi connectivity index (χ0v) is 15.7. The molecule has 0 aliphatic rings. The summed E-state index contributed by atoms with van der Waals surface area (Å²) in [5.41, 5.74) is 0.422. The molecule has 128 valence electrons. The Kier molecular flexibility index (Phi) is 6.98. The zero-order valence-electron chi connectivity index (χ0n) is 12.6. The van der Waals surface area contributed by atoms with Gasteiger partial charge in [0.25, 0.3) is 5.91 Å². The zero-order chi connectivity index (χ0) is 17.6. The van der Waals surface area contributed by atoms with Gasteiger partial charge in [-0.2, -0.15) is 4.98 Å². The van der Waals surface area contributed by atoms with E-state index in [2.05, 4.69) is 15.3 Å². The van der Waals surface area contributed by atoms with Gasteiger partial charge in [-0.25, -0.2) is 4.98 Å². The molecule has 0 fully saturated rings. The Morgan fingerprint density at radius 1 is 1.29 bits per heavy atom. The van der Waals surface area contributed by atoms with E-state index in [1.54, 1.807) is 30.3 Å². The van der Waals surface area contributed by atoms with Crippen molar-refractivity contribution in [3.8, 4) is 5.88 Å². The van der Waals surface area contributed by atoms with Gasteiger partial charge in [-0.15, -0.1) is 0 Å². The molecule has 0 spiro atoms. The Labute approximate surface area is 159 Å². The number of nitrogens with zero attached hydrogens (tertiary/aromatic N) is 2. The van der Waals surface area contributed by atoms with Crippen molar-refractivity contribution in [1.82, 2.24) is 15.3 Å².